The van der Waals surface area contributed by atoms with Crippen molar-refractivity contribution in [1.29, 1.82) is 0 Å². The molecule has 1 atom stereocenters. The topological polar surface area (TPSA) is 42.7 Å². The Balaban J connectivity index is 2.18. The maximum atomic E-state index is 14.0. The van der Waals surface area contributed by atoms with E-state index in [1.165, 1.54) is 6.07 Å². The van der Waals surface area contributed by atoms with Gasteiger partial charge in [0.05, 0.1) is 17.4 Å². The zero-order valence-corrected chi connectivity index (χ0v) is 12.9. The van der Waals surface area contributed by atoms with Crippen molar-refractivity contribution in [2.75, 3.05) is 6.54 Å². The summed E-state index contributed by atoms with van der Waals surface area (Å²) in [6.45, 7) is 7.09. The van der Waals surface area contributed by atoms with E-state index >= 15 is 0 Å². The summed E-state index contributed by atoms with van der Waals surface area (Å²) in [7, 11) is 0. The molecule has 0 spiro atoms. The quantitative estimate of drug-likeness (QED) is 0.851. The van der Waals surface area contributed by atoms with Crippen LogP contribution in [0.5, 0.6) is 0 Å². The molecule has 1 unspecified atom stereocenters. The van der Waals surface area contributed by atoms with E-state index < -0.39 is 0 Å². The Bertz CT molecular complexity index is 565. The lowest BCUT2D eigenvalue weighted by Crippen LogP contribution is -2.26. The zero-order chi connectivity index (χ0) is 15.2. The molecule has 0 aliphatic rings. The molecule has 0 bridgehead atoms. The van der Waals surface area contributed by atoms with Gasteiger partial charge in [0.15, 0.2) is 0 Å². The molecule has 0 fully saturated rings. The van der Waals surface area contributed by atoms with Crippen LogP contribution < -0.4 is 5.32 Å². The summed E-state index contributed by atoms with van der Waals surface area (Å²) in [5, 5.41) is 7.90. The van der Waals surface area contributed by atoms with Crippen molar-refractivity contribution in [3.63, 3.8) is 0 Å². The zero-order valence-electron chi connectivity index (χ0n) is 12.9. The summed E-state index contributed by atoms with van der Waals surface area (Å²) < 4.78 is 15.9. The molecule has 2 aromatic rings. The molecule has 0 saturated carbocycles. The van der Waals surface area contributed by atoms with Crippen LogP contribution in [0.2, 0.25) is 0 Å². The number of nitrogens with one attached hydrogen (secondary N) is 1. The predicted molar refractivity (Wildman–Crippen MR) is 81.5 cm³/mol. The third-order valence-electron chi connectivity index (χ3n) is 3.36. The van der Waals surface area contributed by atoms with Gasteiger partial charge >= 0.3 is 0 Å². The molecule has 0 aromatic carbocycles. The monoisotopic (exact) mass is 290 g/mol. The van der Waals surface area contributed by atoms with Crippen molar-refractivity contribution in [1.82, 2.24) is 20.1 Å². The Morgan fingerprint density at radius 2 is 2.14 bits per heavy atom. The molecule has 0 amide bonds. The number of hydrogen-bond acceptors (Lipinski definition) is 3. The van der Waals surface area contributed by atoms with E-state index in [0.29, 0.717) is 18.2 Å². The van der Waals surface area contributed by atoms with Crippen molar-refractivity contribution in [2.45, 2.75) is 45.7 Å². The van der Waals surface area contributed by atoms with Crippen LogP contribution in [0.1, 0.15) is 50.7 Å². The van der Waals surface area contributed by atoms with Gasteiger partial charge in [0, 0.05) is 24.9 Å². The maximum absolute atomic E-state index is 14.0. The molecule has 0 aliphatic heterocycles. The number of halogens is 1. The van der Waals surface area contributed by atoms with Gasteiger partial charge in [-0.15, -0.1) is 0 Å². The van der Waals surface area contributed by atoms with Gasteiger partial charge in [-0.05, 0) is 45.0 Å². The Morgan fingerprint density at radius 3 is 2.76 bits per heavy atom. The summed E-state index contributed by atoms with van der Waals surface area (Å²) in [5.41, 5.74) is 1.41. The second kappa shape index (κ2) is 7.31. The average Bonchev–Trinajstić information content (AvgIpc) is 2.93. The van der Waals surface area contributed by atoms with Crippen LogP contribution in [-0.2, 0) is 6.42 Å². The highest BCUT2D eigenvalue weighted by atomic mass is 19.1. The van der Waals surface area contributed by atoms with E-state index in [0.717, 1.165) is 18.7 Å². The molecule has 21 heavy (non-hydrogen) atoms. The highest BCUT2D eigenvalue weighted by Crippen LogP contribution is 2.19. The number of nitrogens with zero attached hydrogens (tertiary/aromatic N) is 3. The normalized spacial score (nSPS) is 12.8. The van der Waals surface area contributed by atoms with Crippen molar-refractivity contribution in [2.24, 2.45) is 0 Å². The molecule has 2 aromatic heterocycles. The van der Waals surface area contributed by atoms with E-state index in [1.807, 2.05) is 16.9 Å². The first-order valence-electron chi connectivity index (χ1n) is 7.49. The first-order chi connectivity index (χ1) is 10.1. The lowest BCUT2D eigenvalue weighted by Gasteiger charge is -2.17. The van der Waals surface area contributed by atoms with Crippen LogP contribution in [0.4, 0.5) is 4.39 Å². The number of aromatic nitrogens is 3. The molecule has 0 radical (unpaired) electrons. The number of pyridine rings is 1. The van der Waals surface area contributed by atoms with Crippen molar-refractivity contribution in [3.8, 4) is 0 Å². The smallest absolute Gasteiger partial charge is 0.146 e. The molecule has 1 N–H and O–H groups in total. The first kappa shape index (κ1) is 15.6. The Morgan fingerprint density at radius 1 is 1.33 bits per heavy atom. The minimum Gasteiger partial charge on any atom is -0.308 e. The van der Waals surface area contributed by atoms with Gasteiger partial charge in [0.25, 0.3) is 0 Å². The second-order valence-corrected chi connectivity index (χ2v) is 5.46. The Hall–Kier alpha value is -1.75. The van der Waals surface area contributed by atoms with Gasteiger partial charge in [-0.25, -0.2) is 4.39 Å². The predicted octanol–water partition coefficient (Wildman–Crippen LogP) is 3.28. The SMILES string of the molecule is CCCNC(Cc1ccn(C(C)C)n1)c1ncccc1F. The molecule has 2 rings (SSSR count). The summed E-state index contributed by atoms with van der Waals surface area (Å²) in [6.07, 6.45) is 5.22. The molecule has 2 heterocycles. The highest BCUT2D eigenvalue weighted by molar-refractivity contribution is 5.15. The summed E-state index contributed by atoms with van der Waals surface area (Å²) in [5.74, 6) is -0.269. The maximum Gasteiger partial charge on any atom is 0.146 e. The Labute approximate surface area is 125 Å². The van der Waals surface area contributed by atoms with E-state index in [2.05, 4.69) is 36.2 Å². The third-order valence-corrected chi connectivity index (χ3v) is 3.36. The molecule has 0 aliphatic carbocycles. The van der Waals surface area contributed by atoms with Gasteiger partial charge in [0.2, 0.25) is 0 Å². The van der Waals surface area contributed by atoms with Gasteiger partial charge < -0.3 is 5.32 Å². The summed E-state index contributed by atoms with van der Waals surface area (Å²) in [6, 6.07) is 5.23. The van der Waals surface area contributed by atoms with Crippen molar-refractivity contribution >= 4 is 0 Å². The molecular weight excluding hydrogens is 267 g/mol. The molecular formula is C16H23FN4. The molecule has 0 saturated heterocycles. The van der Waals surface area contributed by atoms with Crippen LogP contribution >= 0.6 is 0 Å². The minimum absolute atomic E-state index is 0.151. The number of rotatable bonds is 7. The van der Waals surface area contributed by atoms with Crippen LogP contribution in [0.25, 0.3) is 0 Å². The first-order valence-corrected chi connectivity index (χ1v) is 7.49. The van der Waals surface area contributed by atoms with Gasteiger partial charge in [0.1, 0.15) is 5.82 Å². The minimum atomic E-state index is -0.269. The summed E-state index contributed by atoms with van der Waals surface area (Å²) >= 11 is 0. The van der Waals surface area contributed by atoms with Crippen LogP contribution in [0.15, 0.2) is 30.6 Å². The van der Waals surface area contributed by atoms with Crippen molar-refractivity contribution in [3.05, 3.63) is 47.8 Å². The van der Waals surface area contributed by atoms with Crippen LogP contribution in [0, 0.1) is 5.82 Å². The number of hydrogen-bond donors (Lipinski definition) is 1. The van der Waals surface area contributed by atoms with Crippen LogP contribution in [0.3, 0.4) is 0 Å². The third kappa shape index (κ3) is 4.11. The van der Waals surface area contributed by atoms with Gasteiger partial charge in [-0.3, -0.25) is 9.67 Å². The molecule has 114 valence electrons. The average molecular weight is 290 g/mol. The molecule has 5 heteroatoms. The fourth-order valence-electron chi connectivity index (χ4n) is 2.22. The van der Waals surface area contributed by atoms with Crippen LogP contribution in [-0.4, -0.2) is 21.3 Å². The highest BCUT2D eigenvalue weighted by Gasteiger charge is 2.18. The standard InChI is InChI=1S/C16H23FN4/c1-4-8-18-15(16-14(17)6-5-9-19-16)11-13-7-10-21(20-13)12(2)3/h5-7,9-10,12,15,18H,4,8,11H2,1-3H3. The largest absolute Gasteiger partial charge is 0.308 e. The van der Waals surface area contributed by atoms with E-state index in [-0.39, 0.29) is 11.9 Å². The Kier molecular flexibility index (Phi) is 5.44. The fraction of sp³-hybridized carbons (Fsp3) is 0.500. The van der Waals surface area contributed by atoms with E-state index in [1.54, 1.807) is 12.3 Å². The fourth-order valence-corrected chi connectivity index (χ4v) is 2.22. The second-order valence-electron chi connectivity index (χ2n) is 5.46. The lowest BCUT2D eigenvalue weighted by atomic mass is 10.1. The summed E-state index contributed by atoms with van der Waals surface area (Å²) in [4.78, 5) is 4.20. The van der Waals surface area contributed by atoms with Crippen molar-refractivity contribution < 1.29 is 4.39 Å². The van der Waals surface area contributed by atoms with E-state index in [9.17, 15) is 4.39 Å². The lowest BCUT2D eigenvalue weighted by molar-refractivity contribution is 0.470. The van der Waals surface area contributed by atoms with Gasteiger partial charge in [-0.2, -0.15) is 5.10 Å². The molecule has 4 nitrogen and oxygen atoms in total. The van der Waals surface area contributed by atoms with Gasteiger partial charge in [-0.1, -0.05) is 6.92 Å². The van der Waals surface area contributed by atoms with E-state index in [4.69, 9.17) is 0 Å².